The standard InChI is InChI=1S/C19H18ClF3N2O3S/c1-28-17-7-5-13(20)10-18(17)29(26,27)25-11-14-3-2-8-24(14)16-9-12(19(21,22)23)4-6-15(16)25/h4-7,9-10,14H,2-3,8,11H2,1H3. The third kappa shape index (κ3) is 3.40. The fraction of sp³-hybridized carbons (Fsp3) is 0.368. The molecule has 29 heavy (non-hydrogen) atoms. The Bertz CT molecular complexity index is 1060. The number of rotatable bonds is 3. The van der Waals surface area contributed by atoms with Crippen LogP contribution in [-0.4, -0.2) is 34.7 Å². The topological polar surface area (TPSA) is 49.9 Å². The maximum Gasteiger partial charge on any atom is 0.416 e. The minimum absolute atomic E-state index is 0.121. The van der Waals surface area contributed by atoms with Gasteiger partial charge in [0.05, 0.1) is 30.6 Å². The molecule has 2 aromatic carbocycles. The van der Waals surface area contributed by atoms with Crippen molar-refractivity contribution in [2.45, 2.75) is 30.0 Å². The highest BCUT2D eigenvalue weighted by Gasteiger charge is 2.42. The van der Waals surface area contributed by atoms with Gasteiger partial charge in [0.15, 0.2) is 0 Å². The number of fused-ring (bicyclic) bond motifs is 3. The number of anilines is 2. The first kappa shape index (κ1) is 20.2. The van der Waals surface area contributed by atoms with Crippen LogP contribution in [0.5, 0.6) is 5.75 Å². The number of alkyl halides is 3. The number of methoxy groups -OCH3 is 1. The van der Waals surface area contributed by atoms with E-state index in [1.165, 1.54) is 35.7 Å². The van der Waals surface area contributed by atoms with Crippen molar-refractivity contribution in [2.75, 3.05) is 29.4 Å². The lowest BCUT2D eigenvalue weighted by Crippen LogP contribution is -2.48. The van der Waals surface area contributed by atoms with E-state index >= 15 is 0 Å². The van der Waals surface area contributed by atoms with E-state index in [1.807, 2.05) is 4.90 Å². The van der Waals surface area contributed by atoms with E-state index in [2.05, 4.69) is 0 Å². The largest absolute Gasteiger partial charge is 0.495 e. The molecule has 0 aliphatic carbocycles. The Hall–Kier alpha value is -2.13. The summed E-state index contributed by atoms with van der Waals surface area (Å²) in [6.45, 7) is 0.740. The summed E-state index contributed by atoms with van der Waals surface area (Å²) in [5, 5.41) is 0.219. The van der Waals surface area contributed by atoms with Crippen LogP contribution in [0.15, 0.2) is 41.3 Å². The smallest absolute Gasteiger partial charge is 0.416 e. The lowest BCUT2D eigenvalue weighted by Gasteiger charge is -2.41. The number of hydrogen-bond donors (Lipinski definition) is 0. The fourth-order valence-electron chi connectivity index (χ4n) is 3.97. The highest BCUT2D eigenvalue weighted by Crippen LogP contribution is 2.45. The molecule has 2 aromatic rings. The normalized spacial score (nSPS) is 19.1. The predicted molar refractivity (Wildman–Crippen MR) is 104 cm³/mol. The molecule has 0 N–H and O–H groups in total. The number of halogens is 4. The van der Waals surface area contributed by atoms with Crippen LogP contribution in [-0.2, 0) is 16.2 Å². The maximum absolute atomic E-state index is 13.5. The summed E-state index contributed by atoms with van der Waals surface area (Å²) in [5.41, 5.74) is -0.308. The molecule has 0 amide bonds. The van der Waals surface area contributed by atoms with Gasteiger partial charge in [-0.3, -0.25) is 4.31 Å². The molecule has 2 aliphatic heterocycles. The summed E-state index contributed by atoms with van der Waals surface area (Å²) in [7, 11) is -2.76. The van der Waals surface area contributed by atoms with Crippen LogP contribution in [0.3, 0.4) is 0 Å². The Morgan fingerprint density at radius 2 is 1.90 bits per heavy atom. The van der Waals surface area contributed by atoms with E-state index < -0.39 is 21.8 Å². The molecule has 2 aliphatic rings. The summed E-state index contributed by atoms with van der Waals surface area (Å²) in [6.07, 6.45) is -3.02. The van der Waals surface area contributed by atoms with Crippen LogP contribution in [0.2, 0.25) is 5.02 Å². The number of sulfonamides is 1. The minimum Gasteiger partial charge on any atom is -0.495 e. The van der Waals surface area contributed by atoms with E-state index in [-0.39, 0.29) is 39.6 Å². The van der Waals surface area contributed by atoms with Gasteiger partial charge in [0.25, 0.3) is 10.0 Å². The quantitative estimate of drug-likeness (QED) is 0.694. The van der Waals surface area contributed by atoms with E-state index in [4.69, 9.17) is 16.3 Å². The molecule has 4 rings (SSSR count). The van der Waals surface area contributed by atoms with Crippen LogP contribution in [0.1, 0.15) is 18.4 Å². The van der Waals surface area contributed by atoms with Crippen molar-refractivity contribution in [2.24, 2.45) is 0 Å². The van der Waals surface area contributed by atoms with Crippen LogP contribution in [0.4, 0.5) is 24.5 Å². The first-order chi connectivity index (χ1) is 13.6. The van der Waals surface area contributed by atoms with Crippen LogP contribution in [0, 0.1) is 0 Å². The second-order valence-corrected chi connectivity index (χ2v) is 9.29. The molecule has 0 saturated carbocycles. The zero-order valence-corrected chi connectivity index (χ0v) is 17.0. The third-order valence-electron chi connectivity index (χ3n) is 5.33. The van der Waals surface area contributed by atoms with Gasteiger partial charge in [0.1, 0.15) is 10.6 Å². The first-order valence-corrected chi connectivity index (χ1v) is 10.8. The number of nitrogens with zero attached hydrogens (tertiary/aromatic N) is 2. The molecular formula is C19H18ClF3N2O3S. The Morgan fingerprint density at radius 3 is 2.59 bits per heavy atom. The Morgan fingerprint density at radius 1 is 1.14 bits per heavy atom. The summed E-state index contributed by atoms with van der Waals surface area (Å²) >= 11 is 6.01. The average molecular weight is 447 g/mol. The SMILES string of the molecule is COc1ccc(Cl)cc1S(=O)(=O)N1CC2CCCN2c2cc(C(F)(F)F)ccc21. The van der Waals surface area contributed by atoms with Gasteiger partial charge >= 0.3 is 6.18 Å². The van der Waals surface area contributed by atoms with E-state index in [0.29, 0.717) is 13.0 Å². The van der Waals surface area contributed by atoms with Gasteiger partial charge in [-0.1, -0.05) is 11.6 Å². The number of benzene rings is 2. The van der Waals surface area contributed by atoms with Gasteiger partial charge in [-0.05, 0) is 49.2 Å². The molecular weight excluding hydrogens is 429 g/mol. The monoisotopic (exact) mass is 446 g/mol. The van der Waals surface area contributed by atoms with E-state index in [9.17, 15) is 21.6 Å². The molecule has 0 aromatic heterocycles. The maximum atomic E-state index is 13.5. The van der Waals surface area contributed by atoms with Crippen LogP contribution in [0.25, 0.3) is 0 Å². The van der Waals surface area contributed by atoms with Crippen LogP contribution < -0.4 is 13.9 Å². The predicted octanol–water partition coefficient (Wildman–Crippen LogP) is 4.55. The van der Waals surface area contributed by atoms with Crippen molar-refractivity contribution in [1.82, 2.24) is 0 Å². The summed E-state index contributed by atoms with van der Waals surface area (Å²) in [4.78, 5) is 1.75. The molecule has 0 radical (unpaired) electrons. The van der Waals surface area contributed by atoms with Gasteiger partial charge in [-0.2, -0.15) is 13.2 Å². The summed E-state index contributed by atoms with van der Waals surface area (Å²) in [6, 6.07) is 7.23. The molecule has 2 heterocycles. The molecule has 156 valence electrons. The molecule has 10 heteroatoms. The van der Waals surface area contributed by atoms with Gasteiger partial charge < -0.3 is 9.64 Å². The number of ether oxygens (including phenoxy) is 1. The Labute approximate surface area is 171 Å². The lowest BCUT2D eigenvalue weighted by molar-refractivity contribution is -0.137. The van der Waals surface area contributed by atoms with Crippen LogP contribution >= 0.6 is 11.6 Å². The highest BCUT2D eigenvalue weighted by atomic mass is 35.5. The van der Waals surface area contributed by atoms with Gasteiger partial charge in [0.2, 0.25) is 0 Å². The number of hydrogen-bond acceptors (Lipinski definition) is 4. The van der Waals surface area contributed by atoms with Crippen molar-refractivity contribution in [1.29, 1.82) is 0 Å². The van der Waals surface area contributed by atoms with Crippen molar-refractivity contribution >= 4 is 33.0 Å². The molecule has 1 unspecified atom stereocenters. The molecule has 0 bridgehead atoms. The molecule has 1 fully saturated rings. The second kappa shape index (κ2) is 6.98. The van der Waals surface area contributed by atoms with Gasteiger partial charge in [0, 0.05) is 17.6 Å². The summed E-state index contributed by atoms with van der Waals surface area (Å²) < 4.78 is 73.1. The zero-order valence-electron chi connectivity index (χ0n) is 15.4. The van der Waals surface area contributed by atoms with Gasteiger partial charge in [-0.25, -0.2) is 8.42 Å². The zero-order chi connectivity index (χ0) is 21.0. The van der Waals surface area contributed by atoms with Crippen molar-refractivity contribution < 1.29 is 26.3 Å². The Kier molecular flexibility index (Phi) is 4.85. The third-order valence-corrected chi connectivity index (χ3v) is 7.36. The Balaban J connectivity index is 1.88. The van der Waals surface area contributed by atoms with E-state index in [0.717, 1.165) is 18.6 Å². The van der Waals surface area contributed by atoms with Crippen molar-refractivity contribution in [3.05, 3.63) is 47.0 Å². The molecule has 5 nitrogen and oxygen atoms in total. The van der Waals surface area contributed by atoms with E-state index in [1.54, 1.807) is 0 Å². The van der Waals surface area contributed by atoms with Crippen molar-refractivity contribution in [3.8, 4) is 5.75 Å². The fourth-order valence-corrected chi connectivity index (χ4v) is 5.91. The first-order valence-electron chi connectivity index (χ1n) is 8.97. The minimum atomic E-state index is -4.51. The summed E-state index contributed by atoms with van der Waals surface area (Å²) in [5.74, 6) is 0.122. The molecule has 0 spiro atoms. The van der Waals surface area contributed by atoms with Gasteiger partial charge in [-0.15, -0.1) is 0 Å². The molecule has 1 saturated heterocycles. The van der Waals surface area contributed by atoms with Crippen molar-refractivity contribution in [3.63, 3.8) is 0 Å². The average Bonchev–Trinajstić information content (AvgIpc) is 3.15. The highest BCUT2D eigenvalue weighted by molar-refractivity contribution is 7.93. The molecule has 1 atom stereocenters. The lowest BCUT2D eigenvalue weighted by atomic mass is 10.1. The second-order valence-electron chi connectivity index (χ2n) is 7.02.